The molecule has 1 aliphatic rings. The van der Waals surface area contributed by atoms with Crippen LogP contribution in [0.5, 0.6) is 0 Å². The van der Waals surface area contributed by atoms with Gasteiger partial charge in [-0.05, 0) is 43.7 Å². The summed E-state index contributed by atoms with van der Waals surface area (Å²) >= 11 is 0. The van der Waals surface area contributed by atoms with E-state index in [0.717, 1.165) is 22.6 Å². The van der Waals surface area contributed by atoms with Crippen LogP contribution < -0.4 is 11.1 Å². The summed E-state index contributed by atoms with van der Waals surface area (Å²) in [5, 5.41) is 4.65. The van der Waals surface area contributed by atoms with Gasteiger partial charge in [0.1, 0.15) is 5.82 Å². The molecule has 0 atom stereocenters. The van der Waals surface area contributed by atoms with Crippen molar-refractivity contribution in [1.29, 1.82) is 0 Å². The van der Waals surface area contributed by atoms with E-state index in [0.29, 0.717) is 12.0 Å². The van der Waals surface area contributed by atoms with Gasteiger partial charge in [0.25, 0.3) is 0 Å². The van der Waals surface area contributed by atoms with Crippen LogP contribution in [0.2, 0.25) is 0 Å². The largest absolute Gasteiger partial charge is 0.368 e. The number of hydrogen-bond acceptors (Lipinski definition) is 4. The Bertz CT molecular complexity index is 603. The number of fused-ring (bicyclic) bond motifs is 1. The number of nitrogens with one attached hydrogen (secondary N) is 1. The van der Waals surface area contributed by atoms with Crippen LogP contribution in [-0.4, -0.2) is 16.0 Å². The molecular formula is C17H24N4. The van der Waals surface area contributed by atoms with Gasteiger partial charge in [0.15, 0.2) is 0 Å². The molecule has 0 aliphatic heterocycles. The van der Waals surface area contributed by atoms with Crippen molar-refractivity contribution in [1.82, 2.24) is 9.97 Å². The van der Waals surface area contributed by atoms with E-state index in [-0.39, 0.29) is 0 Å². The summed E-state index contributed by atoms with van der Waals surface area (Å²) in [5.74, 6) is 2.15. The molecule has 1 saturated carbocycles. The Hall–Kier alpha value is -1.84. The molecule has 4 heteroatoms. The minimum Gasteiger partial charge on any atom is -0.368 e. The summed E-state index contributed by atoms with van der Waals surface area (Å²) in [4.78, 5) is 8.70. The predicted octanol–water partition coefficient (Wildman–Crippen LogP) is 3.98. The summed E-state index contributed by atoms with van der Waals surface area (Å²) in [6.07, 6.45) is 7.77. The van der Waals surface area contributed by atoms with Crippen LogP contribution in [0.3, 0.4) is 0 Å². The Morgan fingerprint density at radius 2 is 1.90 bits per heavy atom. The van der Waals surface area contributed by atoms with E-state index >= 15 is 0 Å². The summed E-state index contributed by atoms with van der Waals surface area (Å²) in [6, 6.07) is 8.55. The molecule has 0 bridgehead atoms. The van der Waals surface area contributed by atoms with Crippen molar-refractivity contribution in [3.63, 3.8) is 0 Å². The fourth-order valence-corrected chi connectivity index (χ4v) is 3.40. The fourth-order valence-electron chi connectivity index (χ4n) is 3.40. The van der Waals surface area contributed by atoms with E-state index in [1.165, 1.54) is 38.5 Å². The Morgan fingerprint density at radius 1 is 1.14 bits per heavy atom. The van der Waals surface area contributed by atoms with Gasteiger partial charge < -0.3 is 11.1 Å². The third-order valence-corrected chi connectivity index (χ3v) is 4.51. The van der Waals surface area contributed by atoms with Gasteiger partial charge in [-0.3, -0.25) is 0 Å². The van der Waals surface area contributed by atoms with Gasteiger partial charge in [-0.2, -0.15) is 4.98 Å². The zero-order valence-electron chi connectivity index (χ0n) is 12.7. The third-order valence-electron chi connectivity index (χ3n) is 4.51. The number of para-hydroxylation sites is 1. The fraction of sp³-hybridized carbons (Fsp3) is 0.529. The highest BCUT2D eigenvalue weighted by atomic mass is 15.1. The molecule has 0 saturated heterocycles. The third kappa shape index (κ3) is 3.26. The number of rotatable bonds is 4. The van der Waals surface area contributed by atoms with E-state index in [1.54, 1.807) is 0 Å². The van der Waals surface area contributed by atoms with Crippen LogP contribution in [-0.2, 0) is 0 Å². The molecule has 1 aromatic carbocycles. The second-order valence-electron chi connectivity index (χ2n) is 6.10. The van der Waals surface area contributed by atoms with E-state index in [2.05, 4.69) is 28.3 Å². The van der Waals surface area contributed by atoms with Gasteiger partial charge in [0, 0.05) is 11.4 Å². The molecule has 1 aliphatic carbocycles. The molecule has 1 aromatic heterocycles. The molecule has 3 N–H and O–H groups in total. The van der Waals surface area contributed by atoms with Crippen LogP contribution in [0, 0.1) is 5.92 Å². The highest BCUT2D eigenvalue weighted by Gasteiger charge is 2.21. The first-order chi connectivity index (χ1) is 10.3. The van der Waals surface area contributed by atoms with E-state index < -0.39 is 0 Å². The molecular weight excluding hydrogens is 260 g/mol. The maximum absolute atomic E-state index is 5.83. The van der Waals surface area contributed by atoms with Gasteiger partial charge in [0.2, 0.25) is 5.95 Å². The molecule has 4 nitrogen and oxygen atoms in total. The molecule has 0 spiro atoms. The molecule has 21 heavy (non-hydrogen) atoms. The minimum atomic E-state index is 0.343. The maximum Gasteiger partial charge on any atom is 0.222 e. The molecule has 0 unspecified atom stereocenters. The SMILES string of the molecule is CCCC1CCC(Nc2nc(N)nc3ccccc23)CC1. The van der Waals surface area contributed by atoms with Crippen molar-refractivity contribution >= 4 is 22.7 Å². The first-order valence-electron chi connectivity index (χ1n) is 8.05. The summed E-state index contributed by atoms with van der Waals surface area (Å²) in [7, 11) is 0. The lowest BCUT2D eigenvalue weighted by Crippen LogP contribution is -2.26. The van der Waals surface area contributed by atoms with Crippen LogP contribution in [0.4, 0.5) is 11.8 Å². The summed E-state index contributed by atoms with van der Waals surface area (Å²) in [5.41, 5.74) is 6.74. The monoisotopic (exact) mass is 284 g/mol. The van der Waals surface area contributed by atoms with Gasteiger partial charge in [-0.1, -0.05) is 31.9 Å². The Kier molecular flexibility index (Phi) is 4.23. The number of aromatic nitrogens is 2. The zero-order chi connectivity index (χ0) is 14.7. The van der Waals surface area contributed by atoms with Gasteiger partial charge >= 0.3 is 0 Å². The van der Waals surface area contributed by atoms with Crippen molar-refractivity contribution in [3.05, 3.63) is 24.3 Å². The lowest BCUT2D eigenvalue weighted by atomic mass is 9.83. The quantitative estimate of drug-likeness (QED) is 0.891. The van der Waals surface area contributed by atoms with Crippen LogP contribution >= 0.6 is 0 Å². The number of hydrogen-bond donors (Lipinski definition) is 2. The first-order valence-corrected chi connectivity index (χ1v) is 8.05. The molecule has 112 valence electrons. The topological polar surface area (TPSA) is 63.8 Å². The molecule has 0 radical (unpaired) electrons. The van der Waals surface area contributed by atoms with Crippen molar-refractivity contribution in [2.45, 2.75) is 51.5 Å². The second-order valence-corrected chi connectivity index (χ2v) is 6.10. The smallest absolute Gasteiger partial charge is 0.222 e. The van der Waals surface area contributed by atoms with Crippen molar-refractivity contribution < 1.29 is 0 Å². The molecule has 2 aromatic rings. The average molecular weight is 284 g/mol. The summed E-state index contributed by atoms with van der Waals surface area (Å²) in [6.45, 7) is 2.28. The Morgan fingerprint density at radius 3 is 2.67 bits per heavy atom. The maximum atomic E-state index is 5.83. The van der Waals surface area contributed by atoms with E-state index in [4.69, 9.17) is 5.73 Å². The molecule has 1 fully saturated rings. The van der Waals surface area contributed by atoms with Crippen molar-refractivity contribution in [2.75, 3.05) is 11.1 Å². The van der Waals surface area contributed by atoms with Crippen LogP contribution in [0.25, 0.3) is 10.9 Å². The molecule has 0 amide bonds. The van der Waals surface area contributed by atoms with Gasteiger partial charge in [-0.15, -0.1) is 0 Å². The number of nitrogens with two attached hydrogens (primary N) is 1. The average Bonchev–Trinajstić information content (AvgIpc) is 2.49. The van der Waals surface area contributed by atoms with E-state index in [1.807, 2.05) is 18.2 Å². The van der Waals surface area contributed by atoms with E-state index in [9.17, 15) is 0 Å². The number of nitrogen functional groups attached to an aromatic ring is 1. The molecule has 3 rings (SSSR count). The molecule has 1 heterocycles. The van der Waals surface area contributed by atoms with Crippen LogP contribution in [0.15, 0.2) is 24.3 Å². The number of nitrogens with zero attached hydrogens (tertiary/aromatic N) is 2. The summed E-state index contributed by atoms with van der Waals surface area (Å²) < 4.78 is 0. The highest BCUT2D eigenvalue weighted by molar-refractivity contribution is 5.89. The number of anilines is 2. The minimum absolute atomic E-state index is 0.343. The van der Waals surface area contributed by atoms with Gasteiger partial charge in [-0.25, -0.2) is 4.98 Å². The first kappa shape index (κ1) is 14.1. The van der Waals surface area contributed by atoms with Gasteiger partial charge in [0.05, 0.1) is 5.52 Å². The zero-order valence-corrected chi connectivity index (χ0v) is 12.7. The number of benzene rings is 1. The lowest BCUT2D eigenvalue weighted by Gasteiger charge is -2.29. The predicted molar refractivity (Wildman–Crippen MR) is 88.2 cm³/mol. The van der Waals surface area contributed by atoms with Crippen molar-refractivity contribution in [3.8, 4) is 0 Å². The normalized spacial score (nSPS) is 22.3. The Labute approximate surface area is 126 Å². The van der Waals surface area contributed by atoms with Crippen molar-refractivity contribution in [2.24, 2.45) is 5.92 Å². The lowest BCUT2D eigenvalue weighted by molar-refractivity contribution is 0.318. The van der Waals surface area contributed by atoms with Crippen LogP contribution in [0.1, 0.15) is 45.4 Å². The second kappa shape index (κ2) is 6.29. The Balaban J connectivity index is 1.74. The standard InChI is InChI=1S/C17H24N4/c1-2-5-12-8-10-13(11-9-12)19-16-14-6-3-4-7-15(14)20-17(18)21-16/h3-4,6-7,12-13H,2,5,8-11H2,1H3,(H3,18,19,20,21). The highest BCUT2D eigenvalue weighted by Crippen LogP contribution is 2.30.